The molecule has 1 saturated heterocycles. The predicted octanol–water partition coefficient (Wildman–Crippen LogP) is -0.144. The van der Waals surface area contributed by atoms with E-state index >= 15 is 0 Å². The van der Waals surface area contributed by atoms with Crippen LogP contribution in [0.3, 0.4) is 0 Å². The largest absolute Gasteiger partial charge is 0.342 e. The van der Waals surface area contributed by atoms with Gasteiger partial charge in [0, 0.05) is 13.1 Å². The smallest absolute Gasteiger partial charge is 0.341 e. The Balaban J connectivity index is 2.12. The fourth-order valence-electron chi connectivity index (χ4n) is 1.68. The lowest BCUT2D eigenvalue weighted by Gasteiger charge is -2.14. The van der Waals surface area contributed by atoms with E-state index < -0.39 is 0 Å². The maximum Gasteiger partial charge on any atom is 0.342 e. The second-order valence-electron chi connectivity index (χ2n) is 3.53. The number of carbonyl (C=O) groups is 1. The zero-order valence-corrected chi connectivity index (χ0v) is 8.97. The van der Waals surface area contributed by atoms with Crippen LogP contribution in [-0.2, 0) is 11.3 Å². The molecule has 82 valence electrons. The number of nitrogens with zero attached hydrogens (tertiary/aromatic N) is 2. The lowest BCUT2D eigenvalue weighted by Crippen LogP contribution is -2.33. The number of likely N-dealkylation sites (tertiary alicyclic amines) is 1. The van der Waals surface area contributed by atoms with Crippen LogP contribution < -0.4 is 5.69 Å². The highest BCUT2D eigenvalue weighted by molar-refractivity contribution is 7.71. The first kappa shape index (κ1) is 10.2. The third-order valence-corrected chi connectivity index (χ3v) is 2.84. The fourth-order valence-corrected chi connectivity index (χ4v) is 1.88. The van der Waals surface area contributed by atoms with E-state index in [1.165, 1.54) is 4.57 Å². The number of hydrogen-bond donors (Lipinski definition) is 2. The Morgan fingerprint density at radius 2 is 2.00 bits per heavy atom. The molecule has 0 spiro atoms. The summed E-state index contributed by atoms with van der Waals surface area (Å²) >= 11 is 4.87. The molecule has 15 heavy (non-hydrogen) atoms. The highest BCUT2D eigenvalue weighted by Gasteiger charge is 2.18. The highest BCUT2D eigenvalue weighted by atomic mass is 32.1. The standard InChI is InChI=1S/C8H12N4O2S/c13-6(11-3-1-2-4-11)5-12-7(14)9-10-8(12)15/h1-5H2,(H,9,14)(H,10,15). The molecule has 0 aromatic carbocycles. The number of H-pyrrole nitrogens is 2. The van der Waals surface area contributed by atoms with E-state index in [2.05, 4.69) is 10.2 Å². The number of amides is 1. The third kappa shape index (κ3) is 2.01. The molecule has 1 aromatic heterocycles. The van der Waals surface area contributed by atoms with Crippen molar-refractivity contribution in [2.75, 3.05) is 13.1 Å². The molecule has 0 saturated carbocycles. The van der Waals surface area contributed by atoms with Crippen LogP contribution in [0, 0.1) is 4.77 Å². The molecule has 0 atom stereocenters. The van der Waals surface area contributed by atoms with E-state index in [4.69, 9.17) is 12.2 Å². The maximum atomic E-state index is 11.7. The molecule has 1 aromatic rings. The summed E-state index contributed by atoms with van der Waals surface area (Å²) in [6.07, 6.45) is 2.08. The van der Waals surface area contributed by atoms with Gasteiger partial charge in [-0.3, -0.25) is 14.5 Å². The Kier molecular flexibility index (Phi) is 2.72. The van der Waals surface area contributed by atoms with Gasteiger partial charge in [0.1, 0.15) is 6.54 Å². The van der Waals surface area contributed by atoms with E-state index in [0.717, 1.165) is 25.9 Å². The molecule has 1 aliphatic heterocycles. The molecule has 0 radical (unpaired) electrons. The van der Waals surface area contributed by atoms with Crippen molar-refractivity contribution in [1.29, 1.82) is 0 Å². The number of hydrogen-bond acceptors (Lipinski definition) is 3. The summed E-state index contributed by atoms with van der Waals surface area (Å²) < 4.78 is 1.49. The quantitative estimate of drug-likeness (QED) is 0.692. The highest BCUT2D eigenvalue weighted by Crippen LogP contribution is 2.07. The van der Waals surface area contributed by atoms with Gasteiger partial charge in [-0.25, -0.2) is 9.89 Å². The van der Waals surface area contributed by atoms with Gasteiger partial charge in [-0.05, 0) is 25.1 Å². The lowest BCUT2D eigenvalue weighted by atomic mass is 10.4. The van der Waals surface area contributed by atoms with Crippen molar-refractivity contribution >= 4 is 18.1 Å². The van der Waals surface area contributed by atoms with Crippen molar-refractivity contribution in [2.45, 2.75) is 19.4 Å². The average molecular weight is 228 g/mol. The summed E-state index contributed by atoms with van der Waals surface area (Å²) in [4.78, 5) is 24.7. The van der Waals surface area contributed by atoms with E-state index in [0.29, 0.717) is 0 Å². The normalized spacial score (nSPS) is 15.9. The Labute approximate surface area is 90.9 Å². The molecule has 1 aliphatic rings. The first-order valence-electron chi connectivity index (χ1n) is 4.84. The van der Waals surface area contributed by atoms with Gasteiger partial charge < -0.3 is 4.90 Å². The van der Waals surface area contributed by atoms with Crippen LogP contribution in [0.25, 0.3) is 0 Å². The molecule has 1 amide bonds. The Morgan fingerprint density at radius 3 is 2.53 bits per heavy atom. The van der Waals surface area contributed by atoms with E-state index in [1.54, 1.807) is 4.90 Å². The molecule has 0 bridgehead atoms. The van der Waals surface area contributed by atoms with Crippen molar-refractivity contribution in [3.8, 4) is 0 Å². The van der Waals surface area contributed by atoms with Gasteiger partial charge in [0.2, 0.25) is 5.91 Å². The molecule has 2 rings (SSSR count). The van der Waals surface area contributed by atoms with Crippen molar-refractivity contribution < 1.29 is 4.79 Å². The van der Waals surface area contributed by atoms with Gasteiger partial charge in [-0.1, -0.05) is 0 Å². The van der Waals surface area contributed by atoms with Gasteiger partial charge in [0.05, 0.1) is 0 Å². The minimum atomic E-state index is -0.368. The van der Waals surface area contributed by atoms with Crippen molar-refractivity contribution in [3.05, 3.63) is 15.3 Å². The Bertz CT molecular complexity index is 438. The zero-order valence-electron chi connectivity index (χ0n) is 8.15. The van der Waals surface area contributed by atoms with E-state index in [9.17, 15) is 9.59 Å². The zero-order chi connectivity index (χ0) is 10.8. The fraction of sp³-hybridized carbons (Fsp3) is 0.625. The minimum Gasteiger partial charge on any atom is -0.341 e. The van der Waals surface area contributed by atoms with E-state index in [1.807, 2.05) is 0 Å². The van der Waals surface area contributed by atoms with Crippen molar-refractivity contribution in [2.24, 2.45) is 0 Å². The number of aromatic amines is 2. The van der Waals surface area contributed by atoms with Crippen LogP contribution in [0.4, 0.5) is 0 Å². The molecule has 2 N–H and O–H groups in total. The molecular formula is C8H12N4O2S. The van der Waals surface area contributed by atoms with Crippen LogP contribution >= 0.6 is 12.2 Å². The summed E-state index contributed by atoms with van der Waals surface area (Å²) in [5, 5.41) is 4.84. The van der Waals surface area contributed by atoms with Crippen LogP contribution in [0.2, 0.25) is 0 Å². The summed E-state index contributed by atoms with van der Waals surface area (Å²) in [6, 6.07) is 0. The average Bonchev–Trinajstić information content (AvgIpc) is 2.82. The molecule has 0 aliphatic carbocycles. The van der Waals surface area contributed by atoms with Crippen LogP contribution in [0.1, 0.15) is 12.8 Å². The van der Waals surface area contributed by atoms with Crippen molar-refractivity contribution in [3.63, 3.8) is 0 Å². The lowest BCUT2D eigenvalue weighted by molar-refractivity contribution is -0.130. The van der Waals surface area contributed by atoms with Gasteiger partial charge in [-0.2, -0.15) is 0 Å². The molecular weight excluding hydrogens is 216 g/mol. The predicted molar refractivity (Wildman–Crippen MR) is 56.1 cm³/mol. The number of aromatic nitrogens is 3. The number of nitrogens with one attached hydrogen (secondary N) is 2. The van der Waals surface area contributed by atoms with Crippen LogP contribution in [0.15, 0.2) is 4.79 Å². The monoisotopic (exact) mass is 228 g/mol. The second-order valence-corrected chi connectivity index (χ2v) is 3.92. The first-order chi connectivity index (χ1) is 7.18. The Hall–Kier alpha value is -1.37. The summed E-state index contributed by atoms with van der Waals surface area (Å²) in [6.45, 7) is 1.60. The second kappa shape index (κ2) is 4.01. The summed E-state index contributed by atoms with van der Waals surface area (Å²) in [7, 11) is 0. The Morgan fingerprint density at radius 1 is 1.33 bits per heavy atom. The number of rotatable bonds is 2. The molecule has 2 heterocycles. The molecule has 1 fully saturated rings. The van der Waals surface area contributed by atoms with Crippen LogP contribution in [0.5, 0.6) is 0 Å². The topological polar surface area (TPSA) is 73.9 Å². The van der Waals surface area contributed by atoms with Crippen molar-refractivity contribution in [1.82, 2.24) is 19.7 Å². The van der Waals surface area contributed by atoms with Gasteiger partial charge in [0.25, 0.3) is 0 Å². The maximum absolute atomic E-state index is 11.7. The molecule has 7 heteroatoms. The molecule has 6 nitrogen and oxygen atoms in total. The summed E-state index contributed by atoms with van der Waals surface area (Å²) in [5.74, 6) is -0.0475. The summed E-state index contributed by atoms with van der Waals surface area (Å²) in [5.41, 5.74) is -0.368. The molecule has 0 unspecified atom stereocenters. The van der Waals surface area contributed by atoms with Crippen LogP contribution in [-0.4, -0.2) is 38.7 Å². The SMILES string of the molecule is O=C(Cn1c(=O)[nH][nH]c1=S)N1CCCC1. The minimum absolute atomic E-state index is 0.0255. The van der Waals surface area contributed by atoms with Gasteiger partial charge >= 0.3 is 5.69 Å². The number of carbonyl (C=O) groups excluding carboxylic acids is 1. The first-order valence-corrected chi connectivity index (χ1v) is 5.24. The van der Waals surface area contributed by atoms with Gasteiger partial charge in [-0.15, -0.1) is 0 Å². The third-order valence-electron chi connectivity index (χ3n) is 2.52. The van der Waals surface area contributed by atoms with Gasteiger partial charge in [0.15, 0.2) is 4.77 Å². The van der Waals surface area contributed by atoms with E-state index in [-0.39, 0.29) is 22.9 Å².